The highest BCUT2D eigenvalue weighted by atomic mass is 35.5. The maximum absolute atomic E-state index is 13.6. The standard InChI is InChI=1S/C25H20N3OPS.ClH/c1-19-27-24(29)23(25(28-19)31-18-17-26)30(20-11-5-2-6-12-20,21-13-7-3-8-14-21)22-15-9-4-10-16-22;/h2-16H,18H2,1H3;1H. The molecule has 0 saturated heterocycles. The average Bonchev–Trinajstić information content (AvgIpc) is 2.81. The molecule has 1 N–H and O–H groups in total. The number of nitrogens with one attached hydrogen (secondary N) is 1. The number of aromatic amines is 1. The van der Waals surface area contributed by atoms with Crippen LogP contribution in [0.1, 0.15) is 5.82 Å². The van der Waals surface area contributed by atoms with Crippen molar-refractivity contribution in [1.29, 1.82) is 5.26 Å². The van der Waals surface area contributed by atoms with Crippen molar-refractivity contribution in [2.75, 3.05) is 5.75 Å². The van der Waals surface area contributed by atoms with Crippen molar-refractivity contribution < 1.29 is 12.4 Å². The summed E-state index contributed by atoms with van der Waals surface area (Å²) in [5.74, 6) is 0.767. The molecule has 32 heavy (non-hydrogen) atoms. The average molecular weight is 478 g/mol. The number of H-pyrrole nitrogens is 1. The molecule has 0 amide bonds. The normalized spacial score (nSPS) is 10.8. The zero-order chi connectivity index (χ0) is 21.7. The molecule has 4 rings (SSSR count). The van der Waals surface area contributed by atoms with E-state index in [4.69, 9.17) is 4.98 Å². The van der Waals surface area contributed by atoms with E-state index >= 15 is 0 Å². The second kappa shape index (κ2) is 10.6. The minimum Gasteiger partial charge on any atom is -1.00 e. The van der Waals surface area contributed by atoms with Crippen LogP contribution in [0.5, 0.6) is 0 Å². The van der Waals surface area contributed by atoms with Crippen LogP contribution in [0, 0.1) is 18.3 Å². The first-order chi connectivity index (χ1) is 15.2. The maximum atomic E-state index is 13.6. The lowest BCUT2D eigenvalue weighted by molar-refractivity contribution is -0.00000651. The summed E-state index contributed by atoms with van der Waals surface area (Å²) in [4.78, 5) is 21.3. The van der Waals surface area contributed by atoms with Crippen LogP contribution in [0.4, 0.5) is 0 Å². The van der Waals surface area contributed by atoms with Gasteiger partial charge in [-0.1, -0.05) is 66.4 Å². The number of nitrogens with zero attached hydrogens (tertiary/aromatic N) is 2. The van der Waals surface area contributed by atoms with E-state index in [0.29, 0.717) is 16.2 Å². The third-order valence-electron chi connectivity index (χ3n) is 5.02. The van der Waals surface area contributed by atoms with E-state index in [1.165, 1.54) is 11.8 Å². The molecule has 0 unspecified atom stereocenters. The lowest BCUT2D eigenvalue weighted by atomic mass is 10.4. The molecule has 0 atom stereocenters. The Bertz CT molecular complexity index is 1180. The third kappa shape index (κ3) is 4.36. The van der Waals surface area contributed by atoms with Crippen LogP contribution in [0.2, 0.25) is 0 Å². The molecule has 7 heteroatoms. The fraction of sp³-hybridized carbons (Fsp3) is 0.0800. The van der Waals surface area contributed by atoms with Crippen molar-refractivity contribution >= 4 is 40.2 Å². The van der Waals surface area contributed by atoms with Gasteiger partial charge in [0.2, 0.25) is 5.30 Å². The molecular formula is C25H21ClN3OPS. The Balaban J connectivity index is 0.00000289. The van der Waals surface area contributed by atoms with Crippen molar-refractivity contribution in [3.8, 4) is 6.07 Å². The van der Waals surface area contributed by atoms with Gasteiger partial charge in [-0.05, 0) is 43.3 Å². The Morgan fingerprint density at radius 3 is 1.72 bits per heavy atom. The van der Waals surface area contributed by atoms with Gasteiger partial charge in [-0.3, -0.25) is 4.79 Å². The fourth-order valence-electron chi connectivity index (χ4n) is 3.84. The zero-order valence-corrected chi connectivity index (χ0v) is 19.9. The van der Waals surface area contributed by atoms with Gasteiger partial charge in [-0.2, -0.15) is 5.26 Å². The van der Waals surface area contributed by atoms with Crippen molar-refractivity contribution in [2.24, 2.45) is 0 Å². The number of hydrogen-bond donors (Lipinski definition) is 1. The van der Waals surface area contributed by atoms with E-state index in [-0.39, 0.29) is 23.7 Å². The molecule has 0 spiro atoms. The van der Waals surface area contributed by atoms with E-state index in [0.717, 1.165) is 15.9 Å². The van der Waals surface area contributed by atoms with Gasteiger partial charge < -0.3 is 17.4 Å². The molecule has 0 aliphatic heterocycles. The SMILES string of the molecule is Cc1nc(SCC#N)c([P+](c2ccccc2)(c2ccccc2)c2ccccc2)c(=O)[nH]1.[Cl-]. The molecule has 1 aromatic heterocycles. The molecule has 1 heterocycles. The molecule has 0 radical (unpaired) electrons. The molecule has 0 aliphatic carbocycles. The molecule has 160 valence electrons. The summed E-state index contributed by atoms with van der Waals surface area (Å²) in [5, 5.41) is 13.7. The predicted octanol–water partition coefficient (Wildman–Crippen LogP) is 0.317. The minimum atomic E-state index is -2.58. The summed E-state index contributed by atoms with van der Waals surface area (Å²) in [7, 11) is -2.58. The number of aryl methyl sites for hydroxylation is 1. The first-order valence-electron chi connectivity index (χ1n) is 9.85. The number of aromatic nitrogens is 2. The third-order valence-corrected chi connectivity index (χ3v) is 10.3. The van der Waals surface area contributed by atoms with Crippen LogP contribution >= 0.6 is 19.0 Å². The van der Waals surface area contributed by atoms with Gasteiger partial charge in [0.25, 0.3) is 5.56 Å². The largest absolute Gasteiger partial charge is 1.00 e. The molecule has 4 nitrogen and oxygen atoms in total. The molecular weight excluding hydrogens is 457 g/mol. The lowest BCUT2D eigenvalue weighted by Gasteiger charge is -2.27. The Morgan fingerprint density at radius 2 is 1.31 bits per heavy atom. The zero-order valence-electron chi connectivity index (χ0n) is 17.4. The van der Waals surface area contributed by atoms with Crippen molar-refractivity contribution in [2.45, 2.75) is 11.9 Å². The van der Waals surface area contributed by atoms with Crippen molar-refractivity contribution in [3.63, 3.8) is 0 Å². The quantitative estimate of drug-likeness (QED) is 0.247. The number of rotatable bonds is 6. The highest BCUT2D eigenvalue weighted by Gasteiger charge is 2.52. The molecule has 0 fully saturated rings. The van der Waals surface area contributed by atoms with E-state index in [1.54, 1.807) is 6.92 Å². The summed E-state index contributed by atoms with van der Waals surface area (Å²) < 4.78 is 0. The molecule has 0 aliphatic rings. The predicted molar refractivity (Wildman–Crippen MR) is 131 cm³/mol. The van der Waals surface area contributed by atoms with Gasteiger partial charge in [0, 0.05) is 0 Å². The summed E-state index contributed by atoms with van der Waals surface area (Å²) in [6.45, 7) is 1.77. The summed E-state index contributed by atoms with van der Waals surface area (Å²) >= 11 is 1.32. The van der Waals surface area contributed by atoms with Crippen LogP contribution < -0.4 is 39.2 Å². The van der Waals surface area contributed by atoms with Crippen LogP contribution in [-0.4, -0.2) is 15.7 Å². The van der Waals surface area contributed by atoms with Gasteiger partial charge in [0.1, 0.15) is 26.8 Å². The first kappa shape index (κ1) is 23.8. The second-order valence-corrected chi connectivity index (χ2v) is 11.2. The van der Waals surface area contributed by atoms with Gasteiger partial charge in [-0.15, -0.1) is 0 Å². The van der Waals surface area contributed by atoms with E-state index in [1.807, 2.05) is 54.6 Å². The molecule has 0 bridgehead atoms. The van der Waals surface area contributed by atoms with Crippen LogP contribution in [0.3, 0.4) is 0 Å². The Morgan fingerprint density at radius 1 is 0.875 bits per heavy atom. The Kier molecular flexibility index (Phi) is 7.88. The lowest BCUT2D eigenvalue weighted by Crippen LogP contribution is -3.00. The number of thioether (sulfide) groups is 1. The van der Waals surface area contributed by atoms with E-state index in [2.05, 4.69) is 47.5 Å². The minimum absolute atomic E-state index is 0. The maximum Gasteiger partial charge on any atom is 0.295 e. The first-order valence-corrected chi connectivity index (χ1v) is 12.6. The van der Waals surface area contributed by atoms with Gasteiger partial charge >= 0.3 is 0 Å². The van der Waals surface area contributed by atoms with Crippen molar-refractivity contribution in [1.82, 2.24) is 9.97 Å². The summed E-state index contributed by atoms with van der Waals surface area (Å²) in [6, 6.07) is 32.7. The summed E-state index contributed by atoms with van der Waals surface area (Å²) in [6.07, 6.45) is 0. The molecule has 0 saturated carbocycles. The van der Waals surface area contributed by atoms with Gasteiger partial charge in [0.15, 0.2) is 7.26 Å². The second-order valence-electron chi connectivity index (χ2n) is 6.93. The van der Waals surface area contributed by atoms with E-state index in [9.17, 15) is 10.1 Å². The number of nitriles is 1. The number of hydrogen-bond acceptors (Lipinski definition) is 4. The van der Waals surface area contributed by atoms with Crippen LogP contribution in [0.15, 0.2) is 101 Å². The molecule has 4 aromatic rings. The van der Waals surface area contributed by atoms with Gasteiger partial charge in [-0.25, -0.2) is 4.98 Å². The van der Waals surface area contributed by atoms with Crippen LogP contribution in [0.25, 0.3) is 0 Å². The molecule has 3 aromatic carbocycles. The highest BCUT2D eigenvalue weighted by Crippen LogP contribution is 2.54. The smallest absolute Gasteiger partial charge is 0.295 e. The number of benzene rings is 3. The van der Waals surface area contributed by atoms with Crippen molar-refractivity contribution in [3.05, 3.63) is 107 Å². The highest BCUT2D eigenvalue weighted by molar-refractivity contribution is 8.04. The Labute approximate surface area is 198 Å². The fourth-order valence-corrected chi connectivity index (χ4v) is 9.30. The number of halogens is 1. The monoisotopic (exact) mass is 477 g/mol. The summed E-state index contributed by atoms with van der Waals surface area (Å²) in [5.41, 5.74) is -0.155. The van der Waals surface area contributed by atoms with E-state index < -0.39 is 7.26 Å². The van der Waals surface area contributed by atoms with Crippen LogP contribution in [-0.2, 0) is 0 Å². The van der Waals surface area contributed by atoms with Gasteiger partial charge in [0.05, 0.1) is 11.8 Å². The topological polar surface area (TPSA) is 69.5 Å². The Hall–Kier alpha value is -2.90.